The summed E-state index contributed by atoms with van der Waals surface area (Å²) in [4.78, 5) is 12.0. The lowest BCUT2D eigenvalue weighted by molar-refractivity contribution is 0.243. The predicted octanol–water partition coefficient (Wildman–Crippen LogP) is 3.30. The van der Waals surface area contributed by atoms with Crippen molar-refractivity contribution in [3.8, 4) is 6.07 Å². The van der Waals surface area contributed by atoms with Crippen LogP contribution in [0.25, 0.3) is 0 Å². The smallest absolute Gasteiger partial charge is 0.225 e. The third-order valence-corrected chi connectivity index (χ3v) is 4.94. The highest BCUT2D eigenvalue weighted by Crippen LogP contribution is 2.31. The van der Waals surface area contributed by atoms with E-state index in [1.807, 2.05) is 18.2 Å². The van der Waals surface area contributed by atoms with Crippen LogP contribution in [-0.2, 0) is 19.5 Å². The third kappa shape index (κ3) is 4.37. The Bertz CT molecular complexity index is 865. The molecule has 27 heavy (non-hydrogen) atoms. The van der Waals surface area contributed by atoms with Crippen LogP contribution in [-0.4, -0.2) is 33.5 Å². The van der Waals surface area contributed by atoms with Gasteiger partial charge in [-0.05, 0) is 44.4 Å². The number of nitrogens with zero attached hydrogens (tertiary/aromatic N) is 4. The number of aromatic nitrogens is 2. The van der Waals surface area contributed by atoms with E-state index in [4.69, 9.17) is 15.2 Å². The Morgan fingerprint density at radius 1 is 1.30 bits per heavy atom. The fourth-order valence-corrected chi connectivity index (χ4v) is 3.47. The van der Waals surface area contributed by atoms with Crippen molar-refractivity contribution in [2.24, 2.45) is 0 Å². The summed E-state index contributed by atoms with van der Waals surface area (Å²) in [7, 11) is 0. The topological polar surface area (TPSA) is 76.9 Å². The molecule has 0 amide bonds. The zero-order valence-corrected chi connectivity index (χ0v) is 16.0. The summed E-state index contributed by atoms with van der Waals surface area (Å²) in [5.74, 6) is 1.71. The lowest BCUT2D eigenvalue weighted by Crippen LogP contribution is -2.32. The van der Waals surface area contributed by atoms with E-state index >= 15 is 0 Å². The molecule has 0 atom stereocenters. The van der Waals surface area contributed by atoms with Crippen LogP contribution in [0.3, 0.4) is 0 Å². The number of fused-ring (bicyclic) bond motifs is 1. The molecule has 6 nitrogen and oxygen atoms in total. The first-order valence-electron chi connectivity index (χ1n) is 9.75. The molecule has 140 valence electrons. The molecule has 2 heterocycles. The molecule has 1 saturated carbocycles. The number of benzene rings is 1. The first kappa shape index (κ1) is 17.7. The Balaban J connectivity index is 1.55. The van der Waals surface area contributed by atoms with Crippen LogP contribution in [0.5, 0.6) is 0 Å². The highest BCUT2D eigenvalue weighted by Gasteiger charge is 2.27. The molecule has 2 N–H and O–H groups in total. The van der Waals surface area contributed by atoms with Crippen molar-refractivity contribution >= 4 is 11.8 Å². The normalized spacial score (nSPS) is 16.7. The van der Waals surface area contributed by atoms with Crippen molar-refractivity contribution in [2.45, 2.75) is 58.3 Å². The minimum Gasteiger partial charge on any atom is -0.367 e. The maximum atomic E-state index is 9.12. The Labute approximate surface area is 160 Å². The van der Waals surface area contributed by atoms with Crippen LogP contribution in [0.15, 0.2) is 24.3 Å². The number of rotatable bonds is 6. The molecule has 1 aliphatic carbocycles. The highest BCUT2D eigenvalue weighted by molar-refractivity contribution is 5.53. The van der Waals surface area contributed by atoms with Crippen molar-refractivity contribution in [3.05, 3.63) is 46.6 Å². The predicted molar refractivity (Wildman–Crippen MR) is 106 cm³/mol. The number of hydrogen-bond donors (Lipinski definition) is 2. The molecule has 1 aromatic heterocycles. The highest BCUT2D eigenvalue weighted by atomic mass is 15.2. The Morgan fingerprint density at radius 2 is 2.15 bits per heavy atom. The number of hydrogen-bond acceptors (Lipinski definition) is 6. The summed E-state index contributed by atoms with van der Waals surface area (Å²) >= 11 is 0. The zero-order valence-electron chi connectivity index (χ0n) is 16.0. The molecular weight excluding hydrogens is 336 g/mol. The van der Waals surface area contributed by atoms with E-state index in [2.05, 4.69) is 41.5 Å². The van der Waals surface area contributed by atoms with Gasteiger partial charge in [0.05, 0.1) is 17.3 Å². The monoisotopic (exact) mass is 362 g/mol. The third-order valence-electron chi connectivity index (χ3n) is 4.94. The molecule has 6 heteroatoms. The molecule has 0 saturated heterocycles. The lowest BCUT2D eigenvalue weighted by atomic mass is 10.0. The Hall–Kier alpha value is -2.65. The molecule has 1 aliphatic heterocycles. The van der Waals surface area contributed by atoms with Gasteiger partial charge in [0.2, 0.25) is 5.95 Å². The van der Waals surface area contributed by atoms with Crippen molar-refractivity contribution < 1.29 is 0 Å². The second kappa shape index (κ2) is 7.53. The van der Waals surface area contributed by atoms with E-state index in [1.165, 1.54) is 24.0 Å². The zero-order chi connectivity index (χ0) is 18.8. The molecular formula is C21H26N6. The molecule has 4 rings (SSSR count). The standard InChI is InChI=1S/C21H26N6/c1-14(2)23-21-25-19-8-9-27(12-16-5-3-4-15(10-16)11-22)13-18(19)20(26-21)24-17-6-7-17/h3-5,10,14,17H,6-9,12-13H2,1-2H3,(H2,23,24,25,26). The van der Waals surface area contributed by atoms with E-state index in [0.29, 0.717) is 17.6 Å². The average molecular weight is 362 g/mol. The second-order valence-electron chi connectivity index (χ2n) is 7.81. The quantitative estimate of drug-likeness (QED) is 0.821. The van der Waals surface area contributed by atoms with Gasteiger partial charge in [0.25, 0.3) is 0 Å². The van der Waals surface area contributed by atoms with Crippen molar-refractivity contribution in [1.29, 1.82) is 5.26 Å². The maximum Gasteiger partial charge on any atom is 0.225 e. The molecule has 1 fully saturated rings. The molecule has 1 aromatic carbocycles. The number of nitriles is 1. The van der Waals surface area contributed by atoms with Crippen LogP contribution < -0.4 is 10.6 Å². The van der Waals surface area contributed by atoms with Crippen LogP contribution >= 0.6 is 0 Å². The summed E-state index contributed by atoms with van der Waals surface area (Å²) in [6, 6.07) is 11.0. The van der Waals surface area contributed by atoms with E-state index in [0.717, 1.165) is 43.5 Å². The summed E-state index contributed by atoms with van der Waals surface area (Å²) in [5, 5.41) is 16.1. The van der Waals surface area contributed by atoms with Gasteiger partial charge in [-0.3, -0.25) is 4.90 Å². The summed E-state index contributed by atoms with van der Waals surface area (Å²) in [5.41, 5.74) is 4.26. The average Bonchev–Trinajstić information content (AvgIpc) is 3.46. The van der Waals surface area contributed by atoms with Crippen LogP contribution in [0, 0.1) is 11.3 Å². The Kier molecular flexibility index (Phi) is 4.95. The van der Waals surface area contributed by atoms with Crippen molar-refractivity contribution in [3.63, 3.8) is 0 Å². The van der Waals surface area contributed by atoms with E-state index in [1.54, 1.807) is 0 Å². The summed E-state index contributed by atoms with van der Waals surface area (Å²) in [6.07, 6.45) is 3.36. The van der Waals surface area contributed by atoms with Gasteiger partial charge in [0, 0.05) is 43.7 Å². The lowest BCUT2D eigenvalue weighted by Gasteiger charge is -2.30. The fourth-order valence-electron chi connectivity index (χ4n) is 3.47. The molecule has 0 spiro atoms. The minimum atomic E-state index is 0.310. The first-order chi connectivity index (χ1) is 13.1. The van der Waals surface area contributed by atoms with Gasteiger partial charge in [0.1, 0.15) is 5.82 Å². The van der Waals surface area contributed by atoms with Crippen LogP contribution in [0.2, 0.25) is 0 Å². The minimum absolute atomic E-state index is 0.310. The van der Waals surface area contributed by atoms with E-state index in [9.17, 15) is 0 Å². The molecule has 0 bridgehead atoms. The van der Waals surface area contributed by atoms with Gasteiger partial charge in [0.15, 0.2) is 0 Å². The molecule has 2 aromatic rings. The van der Waals surface area contributed by atoms with Gasteiger partial charge < -0.3 is 10.6 Å². The largest absolute Gasteiger partial charge is 0.367 e. The van der Waals surface area contributed by atoms with Gasteiger partial charge in [-0.25, -0.2) is 4.98 Å². The molecule has 0 radical (unpaired) electrons. The summed E-state index contributed by atoms with van der Waals surface area (Å²) in [6.45, 7) is 6.85. The maximum absolute atomic E-state index is 9.12. The fraction of sp³-hybridized carbons (Fsp3) is 0.476. The second-order valence-corrected chi connectivity index (χ2v) is 7.81. The molecule has 2 aliphatic rings. The van der Waals surface area contributed by atoms with Crippen LogP contribution in [0.1, 0.15) is 49.1 Å². The van der Waals surface area contributed by atoms with Gasteiger partial charge in [-0.15, -0.1) is 0 Å². The van der Waals surface area contributed by atoms with Gasteiger partial charge in [-0.1, -0.05) is 12.1 Å². The van der Waals surface area contributed by atoms with E-state index < -0.39 is 0 Å². The van der Waals surface area contributed by atoms with Crippen LogP contribution in [0.4, 0.5) is 11.8 Å². The number of nitrogens with one attached hydrogen (secondary N) is 2. The number of anilines is 2. The summed E-state index contributed by atoms with van der Waals surface area (Å²) < 4.78 is 0. The van der Waals surface area contributed by atoms with Gasteiger partial charge in [-0.2, -0.15) is 10.2 Å². The van der Waals surface area contributed by atoms with Crippen molar-refractivity contribution in [1.82, 2.24) is 14.9 Å². The Morgan fingerprint density at radius 3 is 2.89 bits per heavy atom. The molecule has 0 unspecified atom stereocenters. The van der Waals surface area contributed by atoms with Gasteiger partial charge >= 0.3 is 0 Å². The van der Waals surface area contributed by atoms with Crippen molar-refractivity contribution in [2.75, 3.05) is 17.2 Å². The SMILES string of the molecule is CC(C)Nc1nc2c(c(NC3CC3)n1)CN(Cc1cccc(C#N)c1)CC2. The van der Waals surface area contributed by atoms with E-state index in [-0.39, 0.29) is 0 Å². The first-order valence-corrected chi connectivity index (χ1v) is 9.75.